The maximum atomic E-state index is 12.2. The molecule has 0 spiro atoms. The predicted molar refractivity (Wildman–Crippen MR) is 71.9 cm³/mol. The Labute approximate surface area is 112 Å². The van der Waals surface area contributed by atoms with Gasteiger partial charge in [0.25, 0.3) is 5.56 Å². The number of pyridine rings is 1. The first-order valence-corrected chi connectivity index (χ1v) is 6.72. The standard InChI is InChI=1S/C13H11N3O2S/c1-8-6-11(17)16-12(18)10(19-13(16)15-8)7-9-4-2-3-5-14-9/h2-5,7-8H,6H2,1H3/b10-7+. The van der Waals surface area contributed by atoms with Crippen LogP contribution in [0.5, 0.6) is 0 Å². The van der Waals surface area contributed by atoms with Crippen LogP contribution in [0, 0.1) is 0 Å². The number of hydrogen-bond donors (Lipinski definition) is 0. The Balaban J connectivity index is 2.25. The Morgan fingerprint density at radius 2 is 2.26 bits per heavy atom. The molecule has 0 aliphatic carbocycles. The molecule has 0 saturated carbocycles. The van der Waals surface area contributed by atoms with Crippen LogP contribution < -0.4 is 14.9 Å². The molecule has 1 unspecified atom stereocenters. The minimum absolute atomic E-state index is 0.0618. The SMILES string of the molecule is CC1CC(=O)n2c(s/c(=C/c3ccccn3)c2=O)=N1. The second-order valence-corrected chi connectivity index (χ2v) is 5.37. The molecule has 0 amide bonds. The van der Waals surface area contributed by atoms with Crippen molar-refractivity contribution in [2.75, 3.05) is 0 Å². The number of thiazole rings is 1. The van der Waals surface area contributed by atoms with Gasteiger partial charge in [0.15, 0.2) is 4.80 Å². The van der Waals surface area contributed by atoms with E-state index in [1.807, 2.05) is 25.1 Å². The van der Waals surface area contributed by atoms with Crippen LogP contribution in [0.25, 0.3) is 6.08 Å². The molecule has 0 bridgehead atoms. The van der Waals surface area contributed by atoms with Crippen LogP contribution in [0.3, 0.4) is 0 Å². The molecule has 0 radical (unpaired) electrons. The summed E-state index contributed by atoms with van der Waals surface area (Å²) in [5, 5.41) is 0. The molecule has 3 rings (SSSR count). The lowest BCUT2D eigenvalue weighted by Crippen LogP contribution is -2.40. The Hall–Kier alpha value is -2.08. The lowest BCUT2D eigenvalue weighted by molar-refractivity contribution is 0.0877. The fourth-order valence-electron chi connectivity index (χ4n) is 1.95. The average Bonchev–Trinajstić information content (AvgIpc) is 2.67. The van der Waals surface area contributed by atoms with Crippen LogP contribution in [0.4, 0.5) is 0 Å². The molecule has 1 aliphatic heterocycles. The second kappa shape index (κ2) is 4.55. The normalized spacial score (nSPS) is 19.1. The van der Waals surface area contributed by atoms with E-state index >= 15 is 0 Å². The maximum absolute atomic E-state index is 12.2. The van der Waals surface area contributed by atoms with Gasteiger partial charge in [-0.25, -0.2) is 4.57 Å². The molecule has 0 saturated heterocycles. The number of aromatic nitrogens is 2. The summed E-state index contributed by atoms with van der Waals surface area (Å²) in [4.78, 5) is 33.0. The van der Waals surface area contributed by atoms with Gasteiger partial charge in [-0.05, 0) is 25.1 Å². The van der Waals surface area contributed by atoms with Crippen molar-refractivity contribution in [1.29, 1.82) is 0 Å². The molecule has 5 nitrogen and oxygen atoms in total. The first-order valence-electron chi connectivity index (χ1n) is 5.91. The van der Waals surface area contributed by atoms with E-state index in [0.717, 1.165) is 0 Å². The smallest absolute Gasteiger partial charge is 0.274 e. The van der Waals surface area contributed by atoms with Crippen molar-refractivity contribution in [2.45, 2.75) is 19.4 Å². The van der Waals surface area contributed by atoms with Gasteiger partial charge in [-0.1, -0.05) is 17.4 Å². The summed E-state index contributed by atoms with van der Waals surface area (Å²) in [6, 6.07) is 5.41. The summed E-state index contributed by atoms with van der Waals surface area (Å²) in [5.41, 5.74) is 0.394. The van der Waals surface area contributed by atoms with Crippen molar-refractivity contribution in [1.82, 2.24) is 9.55 Å². The quantitative estimate of drug-likeness (QED) is 0.745. The number of carbonyl (C=O) groups excluding carboxylic acids is 1. The maximum Gasteiger partial charge on any atom is 0.277 e. The molecule has 2 aromatic rings. The first kappa shape index (κ1) is 12.0. The zero-order valence-corrected chi connectivity index (χ0v) is 11.1. The zero-order valence-electron chi connectivity index (χ0n) is 10.2. The van der Waals surface area contributed by atoms with Gasteiger partial charge in [0.1, 0.15) is 0 Å². The van der Waals surface area contributed by atoms with Crippen molar-refractivity contribution in [3.05, 3.63) is 49.8 Å². The Morgan fingerprint density at radius 1 is 1.42 bits per heavy atom. The molecule has 0 aromatic carbocycles. The van der Waals surface area contributed by atoms with E-state index in [4.69, 9.17) is 0 Å². The minimum atomic E-state index is -0.300. The molecular formula is C13H11N3O2S. The number of hydrogen-bond acceptors (Lipinski definition) is 5. The van der Waals surface area contributed by atoms with Gasteiger partial charge in [0.05, 0.1) is 16.3 Å². The Bertz CT molecular complexity index is 805. The van der Waals surface area contributed by atoms with Gasteiger partial charge in [-0.3, -0.25) is 19.6 Å². The summed E-state index contributed by atoms with van der Waals surface area (Å²) >= 11 is 1.23. The fourth-order valence-corrected chi connectivity index (χ4v) is 3.02. The summed E-state index contributed by atoms with van der Waals surface area (Å²) in [6.07, 6.45) is 3.63. The first-order chi connectivity index (χ1) is 9.15. The van der Waals surface area contributed by atoms with Gasteiger partial charge >= 0.3 is 0 Å². The van der Waals surface area contributed by atoms with E-state index in [9.17, 15) is 9.59 Å². The number of rotatable bonds is 1. The van der Waals surface area contributed by atoms with Gasteiger partial charge in [-0.2, -0.15) is 0 Å². The van der Waals surface area contributed by atoms with E-state index in [-0.39, 0.29) is 23.9 Å². The monoisotopic (exact) mass is 273 g/mol. The van der Waals surface area contributed by atoms with Crippen LogP contribution in [0.1, 0.15) is 23.8 Å². The van der Waals surface area contributed by atoms with Crippen molar-refractivity contribution in [3.8, 4) is 0 Å². The largest absolute Gasteiger partial charge is 0.277 e. The van der Waals surface area contributed by atoms with Gasteiger partial charge in [0.2, 0.25) is 5.91 Å². The lowest BCUT2D eigenvalue weighted by Gasteiger charge is -2.09. The number of carbonyl (C=O) groups is 1. The van der Waals surface area contributed by atoms with Gasteiger partial charge < -0.3 is 0 Å². The topological polar surface area (TPSA) is 64.3 Å². The molecule has 2 aromatic heterocycles. The fraction of sp³-hybridized carbons (Fsp3) is 0.231. The minimum Gasteiger partial charge on any atom is -0.274 e. The van der Waals surface area contributed by atoms with Crippen molar-refractivity contribution in [2.24, 2.45) is 4.99 Å². The molecule has 1 atom stereocenters. The van der Waals surface area contributed by atoms with Crippen molar-refractivity contribution in [3.63, 3.8) is 0 Å². The van der Waals surface area contributed by atoms with Crippen LogP contribution in [0.15, 0.2) is 34.2 Å². The summed E-state index contributed by atoms with van der Waals surface area (Å²) in [7, 11) is 0. The van der Waals surface area contributed by atoms with E-state index in [1.54, 1.807) is 12.3 Å². The van der Waals surface area contributed by atoms with E-state index < -0.39 is 0 Å². The summed E-state index contributed by atoms with van der Waals surface area (Å²) in [5.74, 6) is -0.181. The highest BCUT2D eigenvalue weighted by Gasteiger charge is 2.20. The lowest BCUT2D eigenvalue weighted by atomic mass is 10.2. The third-order valence-corrected chi connectivity index (χ3v) is 3.81. The Morgan fingerprint density at radius 3 is 3.00 bits per heavy atom. The van der Waals surface area contributed by atoms with Crippen LogP contribution in [-0.4, -0.2) is 21.5 Å². The summed E-state index contributed by atoms with van der Waals surface area (Å²) < 4.78 is 1.65. The van der Waals surface area contributed by atoms with Crippen molar-refractivity contribution >= 4 is 23.3 Å². The summed E-state index contributed by atoms with van der Waals surface area (Å²) in [6.45, 7) is 1.87. The van der Waals surface area contributed by atoms with Gasteiger partial charge in [0, 0.05) is 12.6 Å². The highest BCUT2D eigenvalue weighted by molar-refractivity contribution is 7.07. The average molecular weight is 273 g/mol. The molecular weight excluding hydrogens is 262 g/mol. The molecule has 96 valence electrons. The molecule has 3 heterocycles. The molecule has 6 heteroatoms. The van der Waals surface area contributed by atoms with E-state index in [0.29, 0.717) is 15.0 Å². The third kappa shape index (κ3) is 2.15. The second-order valence-electron chi connectivity index (χ2n) is 4.36. The number of nitrogens with zero attached hydrogens (tertiary/aromatic N) is 3. The van der Waals surface area contributed by atoms with Crippen LogP contribution in [0.2, 0.25) is 0 Å². The molecule has 0 fully saturated rings. The molecule has 0 N–H and O–H groups in total. The Kier molecular flexibility index (Phi) is 2.87. The predicted octanol–water partition coefficient (Wildman–Crippen LogP) is 0.186. The molecule has 1 aliphatic rings. The highest BCUT2D eigenvalue weighted by atomic mass is 32.1. The third-order valence-electron chi connectivity index (χ3n) is 2.82. The highest BCUT2D eigenvalue weighted by Crippen LogP contribution is 2.02. The van der Waals surface area contributed by atoms with Crippen LogP contribution >= 0.6 is 11.3 Å². The van der Waals surface area contributed by atoms with Crippen LogP contribution in [-0.2, 0) is 0 Å². The molecule has 19 heavy (non-hydrogen) atoms. The van der Waals surface area contributed by atoms with E-state index in [2.05, 4.69) is 9.98 Å². The van der Waals surface area contributed by atoms with Gasteiger partial charge in [-0.15, -0.1) is 0 Å². The van der Waals surface area contributed by atoms with E-state index in [1.165, 1.54) is 15.9 Å². The zero-order chi connectivity index (χ0) is 13.4. The van der Waals surface area contributed by atoms with Crippen molar-refractivity contribution < 1.29 is 4.79 Å². The number of fused-ring (bicyclic) bond motifs is 1.